The molecule has 1 aromatic rings. The van der Waals surface area contributed by atoms with Crippen LogP contribution in [0.1, 0.15) is 30.6 Å². The fraction of sp³-hybridized carbons (Fsp3) is 0.462. The summed E-state index contributed by atoms with van der Waals surface area (Å²) in [5.74, 6) is -0.714. The molecule has 0 bridgehead atoms. The number of amides is 1. The lowest BCUT2D eigenvalue weighted by Gasteiger charge is -2.19. The molecule has 0 aliphatic rings. The van der Waals surface area contributed by atoms with Crippen molar-refractivity contribution in [2.45, 2.75) is 32.5 Å². The molecule has 6 heteroatoms. The minimum absolute atomic E-state index is 0.139. The summed E-state index contributed by atoms with van der Waals surface area (Å²) < 4.78 is 13.4. The molecule has 1 aromatic carbocycles. The van der Waals surface area contributed by atoms with Gasteiger partial charge in [0.15, 0.2) is 0 Å². The van der Waals surface area contributed by atoms with E-state index >= 15 is 0 Å². The van der Waals surface area contributed by atoms with Gasteiger partial charge in [-0.25, -0.2) is 4.39 Å². The summed E-state index contributed by atoms with van der Waals surface area (Å²) in [6, 6.07) is 2.51. The maximum atomic E-state index is 13.4. The normalized spacial score (nSPS) is 14.0. The molecule has 0 spiro atoms. The summed E-state index contributed by atoms with van der Waals surface area (Å²) in [5.41, 5.74) is 0.508. The van der Waals surface area contributed by atoms with E-state index in [4.69, 9.17) is 11.6 Å². The third-order valence-electron chi connectivity index (χ3n) is 2.78. The Morgan fingerprint density at radius 2 is 2.11 bits per heavy atom. The summed E-state index contributed by atoms with van der Waals surface area (Å²) in [5, 5.41) is 22.4. The first-order valence-electron chi connectivity index (χ1n) is 5.89. The van der Waals surface area contributed by atoms with Crippen molar-refractivity contribution < 1.29 is 19.4 Å². The first kappa shape index (κ1) is 15.9. The molecule has 2 atom stereocenters. The first-order valence-corrected chi connectivity index (χ1v) is 6.26. The second kappa shape index (κ2) is 6.84. The van der Waals surface area contributed by atoms with Gasteiger partial charge in [0.05, 0.1) is 6.10 Å². The number of carbonyl (C=O) groups excluding carboxylic acids is 1. The number of halogens is 2. The number of hydrogen-bond donors (Lipinski definition) is 3. The van der Waals surface area contributed by atoms with Crippen LogP contribution in [0.2, 0.25) is 5.02 Å². The zero-order valence-corrected chi connectivity index (χ0v) is 11.5. The highest BCUT2D eigenvalue weighted by atomic mass is 35.5. The second-order valence-electron chi connectivity index (χ2n) is 4.41. The standard InChI is InChI=1S/C13H17ClFNO3/c1-7-5-10(14)9(6-11(7)15)13(19)12(18)3-4-16-8(2)17/h5-6,12-13,18-19H,3-4H2,1-2H3,(H,16,17). The van der Waals surface area contributed by atoms with Gasteiger partial charge in [0, 0.05) is 24.1 Å². The average Bonchev–Trinajstić information content (AvgIpc) is 2.32. The van der Waals surface area contributed by atoms with Crippen LogP contribution in [0.5, 0.6) is 0 Å². The zero-order chi connectivity index (χ0) is 14.6. The second-order valence-corrected chi connectivity index (χ2v) is 4.81. The van der Waals surface area contributed by atoms with Crippen molar-refractivity contribution >= 4 is 17.5 Å². The van der Waals surface area contributed by atoms with Crippen molar-refractivity contribution in [3.8, 4) is 0 Å². The molecule has 0 fully saturated rings. The van der Waals surface area contributed by atoms with Gasteiger partial charge in [0.25, 0.3) is 0 Å². The van der Waals surface area contributed by atoms with Crippen LogP contribution in [0.4, 0.5) is 4.39 Å². The number of aliphatic hydroxyl groups excluding tert-OH is 2. The molecule has 3 N–H and O–H groups in total. The minimum atomic E-state index is -1.30. The molecule has 0 heterocycles. The van der Waals surface area contributed by atoms with Gasteiger partial charge in [0.2, 0.25) is 5.91 Å². The molecule has 4 nitrogen and oxygen atoms in total. The smallest absolute Gasteiger partial charge is 0.216 e. The van der Waals surface area contributed by atoms with E-state index in [1.54, 1.807) is 6.92 Å². The molecule has 0 saturated heterocycles. The summed E-state index contributed by atoms with van der Waals surface area (Å²) in [7, 11) is 0. The van der Waals surface area contributed by atoms with Crippen molar-refractivity contribution in [2.24, 2.45) is 0 Å². The molecule has 0 aromatic heterocycles. The van der Waals surface area contributed by atoms with E-state index in [2.05, 4.69) is 5.32 Å². The predicted octanol–water partition coefficient (Wildman–Crippen LogP) is 1.71. The molecule has 1 amide bonds. The van der Waals surface area contributed by atoms with Crippen LogP contribution in [-0.4, -0.2) is 28.8 Å². The lowest BCUT2D eigenvalue weighted by molar-refractivity contribution is -0.119. The van der Waals surface area contributed by atoms with E-state index in [1.807, 2.05) is 0 Å². The Hall–Kier alpha value is -1.17. The Kier molecular flexibility index (Phi) is 5.72. The van der Waals surface area contributed by atoms with Crippen molar-refractivity contribution in [3.05, 3.63) is 34.1 Å². The van der Waals surface area contributed by atoms with Crippen LogP contribution in [0.15, 0.2) is 12.1 Å². The van der Waals surface area contributed by atoms with Gasteiger partial charge in [-0.3, -0.25) is 4.79 Å². The molecule has 19 heavy (non-hydrogen) atoms. The molecule has 106 valence electrons. The van der Waals surface area contributed by atoms with Crippen LogP contribution in [0.3, 0.4) is 0 Å². The lowest BCUT2D eigenvalue weighted by atomic mass is 10.0. The van der Waals surface area contributed by atoms with Crippen molar-refractivity contribution in [3.63, 3.8) is 0 Å². The Morgan fingerprint density at radius 3 is 2.68 bits per heavy atom. The lowest BCUT2D eigenvalue weighted by Crippen LogP contribution is -2.27. The quantitative estimate of drug-likeness (QED) is 0.773. The number of carbonyl (C=O) groups is 1. The minimum Gasteiger partial charge on any atom is -0.390 e. The molecule has 0 radical (unpaired) electrons. The molecular formula is C13H17ClFNO3. The molecule has 0 aliphatic heterocycles. The van der Waals surface area contributed by atoms with Gasteiger partial charge in [-0.2, -0.15) is 0 Å². The summed E-state index contributed by atoms with van der Waals surface area (Å²) >= 11 is 5.92. The summed E-state index contributed by atoms with van der Waals surface area (Å²) in [6.07, 6.45) is -2.28. The monoisotopic (exact) mass is 289 g/mol. The summed E-state index contributed by atoms with van der Waals surface area (Å²) in [6.45, 7) is 3.14. The van der Waals surface area contributed by atoms with Crippen molar-refractivity contribution in [2.75, 3.05) is 6.54 Å². The van der Waals surface area contributed by atoms with Gasteiger partial charge in [-0.1, -0.05) is 11.6 Å². The number of benzene rings is 1. The highest BCUT2D eigenvalue weighted by Crippen LogP contribution is 2.28. The molecule has 2 unspecified atom stereocenters. The van der Waals surface area contributed by atoms with Crippen LogP contribution in [0, 0.1) is 12.7 Å². The Bertz CT molecular complexity index is 467. The Morgan fingerprint density at radius 1 is 1.47 bits per heavy atom. The van der Waals surface area contributed by atoms with E-state index in [-0.39, 0.29) is 29.5 Å². The summed E-state index contributed by atoms with van der Waals surface area (Å²) in [4.78, 5) is 10.7. The molecular weight excluding hydrogens is 273 g/mol. The van der Waals surface area contributed by atoms with Gasteiger partial charge in [-0.15, -0.1) is 0 Å². The Labute approximate surface area is 116 Å². The topological polar surface area (TPSA) is 69.6 Å². The molecule has 0 saturated carbocycles. The zero-order valence-electron chi connectivity index (χ0n) is 10.8. The van der Waals surface area contributed by atoms with Gasteiger partial charge in [0.1, 0.15) is 11.9 Å². The fourth-order valence-electron chi connectivity index (χ4n) is 1.65. The molecule has 0 aliphatic carbocycles. The van der Waals surface area contributed by atoms with E-state index in [9.17, 15) is 19.4 Å². The highest BCUT2D eigenvalue weighted by Gasteiger charge is 2.21. The number of nitrogens with one attached hydrogen (secondary N) is 1. The van der Waals surface area contributed by atoms with E-state index in [0.29, 0.717) is 5.56 Å². The first-order chi connectivity index (χ1) is 8.82. The number of aryl methyl sites for hydroxylation is 1. The van der Waals surface area contributed by atoms with E-state index < -0.39 is 18.0 Å². The van der Waals surface area contributed by atoms with Crippen LogP contribution >= 0.6 is 11.6 Å². The number of hydrogen-bond acceptors (Lipinski definition) is 3. The van der Waals surface area contributed by atoms with Crippen LogP contribution in [0.25, 0.3) is 0 Å². The van der Waals surface area contributed by atoms with Crippen molar-refractivity contribution in [1.82, 2.24) is 5.32 Å². The number of aliphatic hydroxyl groups is 2. The van der Waals surface area contributed by atoms with Gasteiger partial charge >= 0.3 is 0 Å². The van der Waals surface area contributed by atoms with Crippen LogP contribution < -0.4 is 5.32 Å². The maximum absolute atomic E-state index is 13.4. The van der Waals surface area contributed by atoms with Crippen molar-refractivity contribution in [1.29, 1.82) is 0 Å². The Balaban J connectivity index is 2.73. The maximum Gasteiger partial charge on any atom is 0.216 e. The van der Waals surface area contributed by atoms with Crippen LogP contribution in [-0.2, 0) is 4.79 Å². The van der Waals surface area contributed by atoms with Gasteiger partial charge in [-0.05, 0) is 31.0 Å². The largest absolute Gasteiger partial charge is 0.390 e. The van der Waals surface area contributed by atoms with Gasteiger partial charge < -0.3 is 15.5 Å². The SMILES string of the molecule is CC(=O)NCCC(O)C(O)c1cc(F)c(C)cc1Cl. The molecule has 1 rings (SSSR count). The van der Waals surface area contributed by atoms with E-state index in [1.165, 1.54) is 13.0 Å². The highest BCUT2D eigenvalue weighted by molar-refractivity contribution is 6.31. The third-order valence-corrected chi connectivity index (χ3v) is 3.10. The fourth-order valence-corrected chi connectivity index (χ4v) is 1.98. The average molecular weight is 290 g/mol. The third kappa shape index (κ3) is 4.45. The number of rotatable bonds is 5. The predicted molar refractivity (Wildman–Crippen MR) is 70.4 cm³/mol. The van der Waals surface area contributed by atoms with E-state index in [0.717, 1.165) is 6.07 Å².